The monoisotopic (exact) mass is 418 g/mol. The van der Waals surface area contributed by atoms with Gasteiger partial charge in [0.2, 0.25) is 0 Å². The first-order valence-electron chi connectivity index (χ1n) is 10.6. The van der Waals surface area contributed by atoms with E-state index in [0.717, 1.165) is 53.4 Å². The summed E-state index contributed by atoms with van der Waals surface area (Å²) < 4.78 is 20.4. The van der Waals surface area contributed by atoms with E-state index in [1.165, 1.54) is 6.07 Å². The number of pyridine rings is 1. The van der Waals surface area contributed by atoms with Crippen LogP contribution in [0, 0.1) is 17.7 Å². The van der Waals surface area contributed by atoms with Crippen molar-refractivity contribution in [3.8, 4) is 22.9 Å². The van der Waals surface area contributed by atoms with Crippen LogP contribution in [0.2, 0.25) is 0 Å². The van der Waals surface area contributed by atoms with Gasteiger partial charge in [-0.05, 0) is 53.6 Å². The summed E-state index contributed by atoms with van der Waals surface area (Å²) in [6.45, 7) is 1.75. The predicted octanol–water partition coefficient (Wildman–Crippen LogP) is 3.20. The molecular weight excluding hydrogens is 395 g/mol. The molecular formula is C23H23FN6O. The van der Waals surface area contributed by atoms with Crippen molar-refractivity contribution >= 4 is 11.5 Å². The molecule has 0 spiro atoms. The zero-order valence-corrected chi connectivity index (χ0v) is 17.2. The van der Waals surface area contributed by atoms with Crippen molar-refractivity contribution in [3.05, 3.63) is 53.7 Å². The fourth-order valence-electron chi connectivity index (χ4n) is 5.24. The average Bonchev–Trinajstić information content (AvgIpc) is 3.31. The van der Waals surface area contributed by atoms with E-state index in [9.17, 15) is 4.39 Å². The number of benzene rings is 1. The maximum absolute atomic E-state index is 14.4. The summed E-state index contributed by atoms with van der Waals surface area (Å²) in [7, 11) is 1.81. The zero-order chi connectivity index (χ0) is 21.1. The van der Waals surface area contributed by atoms with Crippen LogP contribution < -0.4 is 20.7 Å². The highest BCUT2D eigenvalue weighted by Crippen LogP contribution is 2.48. The molecule has 0 bridgehead atoms. The number of nitrogens with zero attached hydrogens (tertiary/aromatic N) is 4. The summed E-state index contributed by atoms with van der Waals surface area (Å²) in [5, 5.41) is 3.12. The van der Waals surface area contributed by atoms with E-state index in [0.29, 0.717) is 24.0 Å². The quantitative estimate of drug-likeness (QED) is 0.526. The van der Waals surface area contributed by atoms with Crippen LogP contribution in [0.1, 0.15) is 17.7 Å². The minimum atomic E-state index is -0.277. The number of halogens is 1. The third-order valence-corrected chi connectivity index (χ3v) is 6.80. The highest BCUT2D eigenvalue weighted by atomic mass is 19.1. The predicted molar refractivity (Wildman–Crippen MR) is 116 cm³/mol. The first kappa shape index (κ1) is 18.5. The molecule has 3 heterocycles. The molecule has 31 heavy (non-hydrogen) atoms. The van der Waals surface area contributed by atoms with E-state index in [1.54, 1.807) is 31.6 Å². The second-order valence-corrected chi connectivity index (χ2v) is 8.58. The van der Waals surface area contributed by atoms with Gasteiger partial charge in [-0.3, -0.25) is 4.98 Å². The Morgan fingerprint density at radius 3 is 2.90 bits per heavy atom. The van der Waals surface area contributed by atoms with Gasteiger partial charge >= 0.3 is 6.01 Å². The van der Waals surface area contributed by atoms with E-state index in [-0.39, 0.29) is 17.9 Å². The number of hydrogen-bond acceptors (Lipinski definition) is 7. The molecule has 1 saturated heterocycles. The third kappa shape index (κ3) is 2.93. The van der Waals surface area contributed by atoms with Crippen molar-refractivity contribution in [1.29, 1.82) is 0 Å². The van der Waals surface area contributed by atoms with Crippen LogP contribution in [-0.4, -0.2) is 41.1 Å². The normalized spacial score (nSPS) is 23.1. The van der Waals surface area contributed by atoms with Gasteiger partial charge in [-0.2, -0.15) is 9.97 Å². The Morgan fingerprint density at radius 2 is 2.16 bits per heavy atom. The van der Waals surface area contributed by atoms with E-state index in [2.05, 4.69) is 15.2 Å². The number of anilines is 2. The summed E-state index contributed by atoms with van der Waals surface area (Å²) in [4.78, 5) is 15.9. The van der Waals surface area contributed by atoms with Crippen molar-refractivity contribution in [2.45, 2.75) is 18.9 Å². The Balaban J connectivity index is 1.47. The molecule has 158 valence electrons. The fraction of sp³-hybridized carbons (Fsp3) is 0.348. The van der Waals surface area contributed by atoms with Crippen LogP contribution in [0.4, 0.5) is 15.9 Å². The number of aromatic nitrogens is 3. The number of nitrogens with one attached hydrogen (secondary N) is 1. The molecule has 1 aliphatic heterocycles. The Hall–Kier alpha value is -3.26. The molecule has 3 atom stereocenters. The van der Waals surface area contributed by atoms with Gasteiger partial charge in [0.15, 0.2) is 0 Å². The van der Waals surface area contributed by atoms with Crippen molar-refractivity contribution in [1.82, 2.24) is 15.0 Å². The van der Waals surface area contributed by atoms with Crippen LogP contribution in [0.5, 0.6) is 11.8 Å². The number of ether oxygens (including phenoxy) is 1. The minimum Gasteiger partial charge on any atom is -0.423 e. The maximum Gasteiger partial charge on any atom is 0.324 e. The first-order chi connectivity index (χ1) is 15.1. The maximum atomic E-state index is 14.4. The van der Waals surface area contributed by atoms with E-state index >= 15 is 0 Å². The van der Waals surface area contributed by atoms with Crippen molar-refractivity contribution in [2.24, 2.45) is 17.6 Å². The molecule has 3 aliphatic rings. The first-order valence-corrected chi connectivity index (χ1v) is 10.6. The lowest BCUT2D eigenvalue weighted by atomic mass is 9.72. The van der Waals surface area contributed by atoms with Crippen molar-refractivity contribution < 1.29 is 9.13 Å². The molecule has 6 rings (SSSR count). The Morgan fingerprint density at radius 1 is 1.26 bits per heavy atom. The highest BCUT2D eigenvalue weighted by Gasteiger charge is 2.46. The summed E-state index contributed by atoms with van der Waals surface area (Å²) >= 11 is 0. The lowest BCUT2D eigenvalue weighted by Gasteiger charge is -2.36. The molecule has 3 unspecified atom stereocenters. The SMILES string of the molecule is CNc1cc(F)cc2c1Cc1nc(Oc3cccnc3)nc(N3CC4CC(N)C4C3)c1-2. The Labute approximate surface area is 179 Å². The van der Waals surface area contributed by atoms with Crippen LogP contribution in [-0.2, 0) is 6.42 Å². The van der Waals surface area contributed by atoms with E-state index < -0.39 is 0 Å². The second-order valence-electron chi connectivity index (χ2n) is 8.58. The lowest BCUT2D eigenvalue weighted by Crippen LogP contribution is -2.46. The summed E-state index contributed by atoms with van der Waals surface area (Å²) in [5.74, 6) is 2.17. The van der Waals surface area contributed by atoms with Gasteiger partial charge in [-0.25, -0.2) is 4.39 Å². The topological polar surface area (TPSA) is 89.2 Å². The van der Waals surface area contributed by atoms with Gasteiger partial charge < -0.3 is 20.7 Å². The average molecular weight is 418 g/mol. The molecule has 2 aliphatic carbocycles. The van der Waals surface area contributed by atoms with Crippen molar-refractivity contribution in [3.63, 3.8) is 0 Å². The van der Waals surface area contributed by atoms with E-state index in [4.69, 9.17) is 20.4 Å². The van der Waals surface area contributed by atoms with Gasteiger partial charge in [0, 0.05) is 50.0 Å². The lowest BCUT2D eigenvalue weighted by molar-refractivity contribution is 0.194. The van der Waals surface area contributed by atoms with Gasteiger partial charge in [0.25, 0.3) is 0 Å². The van der Waals surface area contributed by atoms with Crippen molar-refractivity contribution in [2.75, 3.05) is 30.4 Å². The van der Waals surface area contributed by atoms with Crippen LogP contribution >= 0.6 is 0 Å². The molecule has 3 aromatic rings. The van der Waals surface area contributed by atoms with Gasteiger partial charge in [0.1, 0.15) is 17.4 Å². The number of rotatable bonds is 4. The van der Waals surface area contributed by atoms with Gasteiger partial charge in [0.05, 0.1) is 11.9 Å². The molecule has 7 nitrogen and oxygen atoms in total. The molecule has 0 amide bonds. The third-order valence-electron chi connectivity index (χ3n) is 6.80. The largest absolute Gasteiger partial charge is 0.423 e. The minimum absolute atomic E-state index is 0.247. The summed E-state index contributed by atoms with van der Waals surface area (Å²) in [6.07, 6.45) is 4.97. The molecule has 2 fully saturated rings. The highest BCUT2D eigenvalue weighted by molar-refractivity contribution is 5.88. The van der Waals surface area contributed by atoms with Crippen LogP contribution in [0.25, 0.3) is 11.1 Å². The molecule has 1 aromatic carbocycles. The smallest absolute Gasteiger partial charge is 0.324 e. The van der Waals surface area contributed by atoms with Gasteiger partial charge in [-0.15, -0.1) is 0 Å². The van der Waals surface area contributed by atoms with Crippen LogP contribution in [0.15, 0.2) is 36.7 Å². The van der Waals surface area contributed by atoms with E-state index in [1.807, 2.05) is 6.07 Å². The Kier molecular flexibility index (Phi) is 4.11. The standard InChI is InChI=1S/C23H23FN6O/c1-26-19-7-13(24)6-16-15(19)8-20-21(16)22(30-10-12-5-18(25)17(12)11-30)29-23(28-20)31-14-3-2-4-27-9-14/h2-4,6-7,9,12,17-18,26H,5,8,10-11,25H2,1H3. The summed E-state index contributed by atoms with van der Waals surface area (Å²) in [6, 6.07) is 7.27. The zero-order valence-electron chi connectivity index (χ0n) is 17.2. The number of hydrogen-bond donors (Lipinski definition) is 2. The molecule has 8 heteroatoms. The number of nitrogens with two attached hydrogens (primary N) is 1. The number of fused-ring (bicyclic) bond motifs is 4. The fourth-order valence-corrected chi connectivity index (χ4v) is 5.24. The molecule has 3 N–H and O–H groups in total. The Bertz CT molecular complexity index is 1170. The van der Waals surface area contributed by atoms with Gasteiger partial charge in [-0.1, -0.05) is 0 Å². The van der Waals surface area contributed by atoms with Crippen LogP contribution in [0.3, 0.4) is 0 Å². The second kappa shape index (κ2) is 6.88. The molecule has 1 saturated carbocycles. The molecule has 2 aromatic heterocycles. The summed E-state index contributed by atoms with van der Waals surface area (Å²) in [5.41, 5.74) is 10.6. The molecule has 0 radical (unpaired) electrons.